The number of thiocarbonyl (C=S) groups is 1. The maximum atomic E-state index is 9.02. The molecule has 0 aliphatic rings. The largest absolute Gasteiger partial charge is 0.395 e. The van der Waals surface area contributed by atoms with Crippen molar-refractivity contribution in [2.45, 2.75) is 26.4 Å². The summed E-state index contributed by atoms with van der Waals surface area (Å²) in [5, 5.41) is 9.02. The lowest BCUT2D eigenvalue weighted by Crippen LogP contribution is -2.32. The molecule has 0 bridgehead atoms. The average molecular weight is 252 g/mol. The molecule has 0 aromatic heterocycles. The highest BCUT2D eigenvalue weighted by molar-refractivity contribution is 7.80. The second-order valence-electron chi connectivity index (χ2n) is 4.35. The van der Waals surface area contributed by atoms with Gasteiger partial charge < -0.3 is 10.8 Å². The molecule has 0 unspecified atom stereocenters. The lowest BCUT2D eigenvalue weighted by Gasteiger charge is -2.25. The van der Waals surface area contributed by atoms with Crippen LogP contribution in [0.1, 0.15) is 25.0 Å². The predicted molar refractivity (Wildman–Crippen MR) is 75.0 cm³/mol. The molecule has 0 saturated heterocycles. The van der Waals surface area contributed by atoms with Crippen molar-refractivity contribution in [3.05, 3.63) is 35.4 Å². The van der Waals surface area contributed by atoms with Gasteiger partial charge in [0.2, 0.25) is 0 Å². The van der Waals surface area contributed by atoms with Crippen LogP contribution in [0.25, 0.3) is 0 Å². The van der Waals surface area contributed by atoms with Crippen LogP contribution in [0.2, 0.25) is 0 Å². The molecular formula is C13H20N2OS. The zero-order valence-electron chi connectivity index (χ0n) is 10.4. The first-order valence-electron chi connectivity index (χ1n) is 5.78. The van der Waals surface area contributed by atoms with Gasteiger partial charge in [0.05, 0.1) is 6.61 Å². The van der Waals surface area contributed by atoms with E-state index in [0.29, 0.717) is 17.6 Å². The van der Waals surface area contributed by atoms with E-state index in [2.05, 4.69) is 24.8 Å². The zero-order chi connectivity index (χ0) is 12.8. The molecule has 17 heavy (non-hydrogen) atoms. The Morgan fingerprint density at radius 3 is 2.71 bits per heavy atom. The van der Waals surface area contributed by atoms with Crippen LogP contribution in [0.3, 0.4) is 0 Å². The Kier molecular flexibility index (Phi) is 5.55. The topological polar surface area (TPSA) is 49.5 Å². The van der Waals surface area contributed by atoms with Crippen LogP contribution in [0.5, 0.6) is 0 Å². The quantitative estimate of drug-likeness (QED) is 0.754. The van der Waals surface area contributed by atoms with Gasteiger partial charge in [-0.25, -0.2) is 0 Å². The molecule has 3 nitrogen and oxygen atoms in total. The Bertz CT molecular complexity index is 379. The third-order valence-corrected chi connectivity index (χ3v) is 2.95. The summed E-state index contributed by atoms with van der Waals surface area (Å²) in [6, 6.07) is 8.33. The van der Waals surface area contributed by atoms with Crippen LogP contribution in [0.4, 0.5) is 0 Å². The van der Waals surface area contributed by atoms with Crippen LogP contribution in [0.15, 0.2) is 24.3 Å². The first-order valence-corrected chi connectivity index (χ1v) is 6.19. The highest BCUT2D eigenvalue weighted by Gasteiger charge is 2.09. The second-order valence-corrected chi connectivity index (χ2v) is 4.79. The summed E-state index contributed by atoms with van der Waals surface area (Å²) in [4.78, 5) is 2.63. The summed E-state index contributed by atoms with van der Waals surface area (Å²) in [6.45, 7) is 5.89. The summed E-state index contributed by atoms with van der Waals surface area (Å²) in [5.74, 6) is 0. The van der Waals surface area contributed by atoms with Crippen molar-refractivity contribution in [2.75, 3.05) is 13.2 Å². The maximum absolute atomic E-state index is 9.02. The first kappa shape index (κ1) is 14.1. The molecule has 0 radical (unpaired) electrons. The summed E-state index contributed by atoms with van der Waals surface area (Å²) in [6.07, 6.45) is 0. The minimum Gasteiger partial charge on any atom is -0.395 e. The van der Waals surface area contributed by atoms with Crippen molar-refractivity contribution in [2.24, 2.45) is 5.73 Å². The van der Waals surface area contributed by atoms with E-state index in [1.165, 1.54) is 0 Å². The molecule has 0 saturated carbocycles. The van der Waals surface area contributed by atoms with Gasteiger partial charge in [0.15, 0.2) is 0 Å². The molecule has 4 heteroatoms. The van der Waals surface area contributed by atoms with Gasteiger partial charge in [-0.15, -0.1) is 0 Å². The monoisotopic (exact) mass is 252 g/mol. The third-order valence-electron chi connectivity index (χ3n) is 2.71. The fourth-order valence-electron chi connectivity index (χ4n) is 1.71. The Balaban J connectivity index is 2.78. The molecule has 1 aromatic carbocycles. The standard InChI is InChI=1S/C13H20N2OS/c1-10(2)15(6-7-16)9-11-4-3-5-12(8-11)13(14)17/h3-5,8,10,16H,6-7,9H2,1-2H3,(H2,14,17). The minimum absolute atomic E-state index is 0.174. The van der Waals surface area contributed by atoms with Crippen LogP contribution >= 0.6 is 12.2 Å². The number of rotatable bonds is 6. The third kappa shape index (κ3) is 4.42. The fraction of sp³-hybridized carbons (Fsp3) is 0.462. The number of aliphatic hydroxyl groups excluding tert-OH is 1. The molecule has 0 amide bonds. The lowest BCUT2D eigenvalue weighted by atomic mass is 10.1. The van der Waals surface area contributed by atoms with Crippen molar-refractivity contribution < 1.29 is 5.11 Å². The van der Waals surface area contributed by atoms with Crippen molar-refractivity contribution in [1.29, 1.82) is 0 Å². The van der Waals surface area contributed by atoms with Crippen LogP contribution < -0.4 is 5.73 Å². The molecular weight excluding hydrogens is 232 g/mol. The van der Waals surface area contributed by atoms with Gasteiger partial charge in [0, 0.05) is 24.7 Å². The van der Waals surface area contributed by atoms with Crippen LogP contribution in [0, 0.1) is 0 Å². The number of nitrogens with zero attached hydrogens (tertiary/aromatic N) is 1. The molecule has 94 valence electrons. The van der Waals surface area contributed by atoms with E-state index < -0.39 is 0 Å². The molecule has 0 atom stereocenters. The van der Waals surface area contributed by atoms with Crippen molar-refractivity contribution in [1.82, 2.24) is 4.90 Å². The van der Waals surface area contributed by atoms with E-state index in [4.69, 9.17) is 23.1 Å². The first-order chi connectivity index (χ1) is 8.04. The normalized spacial score (nSPS) is 11.1. The molecule has 0 fully saturated rings. The van der Waals surface area contributed by atoms with Crippen molar-refractivity contribution in [3.8, 4) is 0 Å². The number of hydrogen-bond donors (Lipinski definition) is 2. The highest BCUT2D eigenvalue weighted by Crippen LogP contribution is 2.10. The number of nitrogens with two attached hydrogens (primary N) is 1. The van der Waals surface area contributed by atoms with Gasteiger partial charge in [-0.1, -0.05) is 30.4 Å². The van der Waals surface area contributed by atoms with Crippen LogP contribution in [-0.2, 0) is 6.54 Å². The summed E-state index contributed by atoms with van der Waals surface area (Å²) in [7, 11) is 0. The molecule has 0 aliphatic heterocycles. The van der Waals surface area contributed by atoms with E-state index in [1.807, 2.05) is 18.2 Å². The Labute approximate surface area is 108 Å². The number of benzene rings is 1. The average Bonchev–Trinajstić information content (AvgIpc) is 2.28. The molecule has 0 spiro atoms. The minimum atomic E-state index is 0.174. The molecule has 1 aromatic rings. The summed E-state index contributed by atoms with van der Waals surface area (Å²) < 4.78 is 0. The predicted octanol–water partition coefficient (Wildman–Crippen LogP) is 1.52. The highest BCUT2D eigenvalue weighted by atomic mass is 32.1. The van der Waals surface area contributed by atoms with Gasteiger partial charge in [-0.3, -0.25) is 4.90 Å². The maximum Gasteiger partial charge on any atom is 0.103 e. The van der Waals surface area contributed by atoms with Gasteiger partial charge in [-0.2, -0.15) is 0 Å². The zero-order valence-corrected chi connectivity index (χ0v) is 11.2. The molecule has 1 rings (SSSR count). The van der Waals surface area contributed by atoms with Gasteiger partial charge in [0.1, 0.15) is 4.99 Å². The van der Waals surface area contributed by atoms with Crippen LogP contribution in [-0.4, -0.2) is 34.2 Å². The van der Waals surface area contributed by atoms with Gasteiger partial charge in [0.25, 0.3) is 0 Å². The number of hydrogen-bond acceptors (Lipinski definition) is 3. The molecule has 3 N–H and O–H groups in total. The Hall–Kier alpha value is -0.970. The SMILES string of the molecule is CC(C)N(CCO)Cc1cccc(C(N)=S)c1. The van der Waals surface area contributed by atoms with Crippen molar-refractivity contribution >= 4 is 17.2 Å². The Morgan fingerprint density at radius 2 is 2.18 bits per heavy atom. The van der Waals surface area contributed by atoms with Crippen molar-refractivity contribution in [3.63, 3.8) is 0 Å². The van der Waals surface area contributed by atoms with Gasteiger partial charge in [-0.05, 0) is 25.5 Å². The smallest absolute Gasteiger partial charge is 0.103 e. The summed E-state index contributed by atoms with van der Waals surface area (Å²) in [5.41, 5.74) is 7.67. The Morgan fingerprint density at radius 1 is 1.47 bits per heavy atom. The fourth-order valence-corrected chi connectivity index (χ4v) is 1.83. The summed E-state index contributed by atoms with van der Waals surface area (Å²) >= 11 is 4.96. The lowest BCUT2D eigenvalue weighted by molar-refractivity contribution is 0.159. The number of aliphatic hydroxyl groups is 1. The second kappa shape index (κ2) is 6.69. The van der Waals surface area contributed by atoms with E-state index in [9.17, 15) is 0 Å². The van der Waals surface area contributed by atoms with E-state index in [-0.39, 0.29) is 6.61 Å². The van der Waals surface area contributed by atoms with E-state index in [1.54, 1.807) is 0 Å². The molecule has 0 aliphatic carbocycles. The van der Waals surface area contributed by atoms with Gasteiger partial charge >= 0.3 is 0 Å². The molecule has 0 heterocycles. The van der Waals surface area contributed by atoms with E-state index >= 15 is 0 Å². The van der Waals surface area contributed by atoms with E-state index in [0.717, 1.165) is 17.7 Å².